The molecule has 2 aliphatic carbocycles. The zero-order chi connectivity index (χ0) is 20.3. The Labute approximate surface area is 181 Å². The van der Waals surface area contributed by atoms with Crippen LogP contribution in [0.2, 0.25) is 0 Å². The summed E-state index contributed by atoms with van der Waals surface area (Å²) in [5, 5.41) is 0. The van der Waals surface area contributed by atoms with Gasteiger partial charge in [-0.3, -0.25) is 4.79 Å². The molecule has 30 heavy (non-hydrogen) atoms. The highest BCUT2D eigenvalue weighted by Gasteiger charge is 2.65. The van der Waals surface area contributed by atoms with E-state index in [1.165, 1.54) is 77.5 Å². The number of quaternary nitrogens is 2. The zero-order valence-corrected chi connectivity index (χ0v) is 18.9. The van der Waals surface area contributed by atoms with Crippen molar-refractivity contribution in [1.29, 1.82) is 0 Å². The monoisotopic (exact) mass is 418 g/mol. The molecule has 0 aromatic rings. The van der Waals surface area contributed by atoms with Crippen LogP contribution < -0.4 is 9.80 Å². The van der Waals surface area contributed by atoms with E-state index in [4.69, 9.17) is 9.47 Å². The number of epoxide rings is 1. The van der Waals surface area contributed by atoms with Crippen LogP contribution in [0.5, 0.6) is 0 Å². The quantitative estimate of drug-likeness (QED) is 0.522. The highest BCUT2D eigenvalue weighted by Crippen LogP contribution is 2.62. The Morgan fingerprint density at radius 3 is 2.53 bits per heavy atom. The molecule has 0 unspecified atom stereocenters. The van der Waals surface area contributed by atoms with Crippen molar-refractivity contribution in [2.75, 3.05) is 39.3 Å². The molecule has 0 bridgehead atoms. The highest BCUT2D eigenvalue weighted by atomic mass is 16.6. The van der Waals surface area contributed by atoms with Crippen molar-refractivity contribution in [2.45, 2.75) is 88.9 Å². The van der Waals surface area contributed by atoms with Crippen molar-refractivity contribution >= 4 is 5.97 Å². The first kappa shape index (κ1) is 20.0. The number of nitrogens with one attached hydrogen (secondary N) is 2. The number of ether oxygens (including phenoxy) is 2. The van der Waals surface area contributed by atoms with Crippen molar-refractivity contribution in [3.05, 3.63) is 0 Å². The van der Waals surface area contributed by atoms with E-state index in [0.29, 0.717) is 17.3 Å². The van der Waals surface area contributed by atoms with Gasteiger partial charge in [0.1, 0.15) is 12.0 Å². The number of carbonyl (C=O) groups excluding carboxylic acids is 1. The third-order valence-corrected chi connectivity index (χ3v) is 10.4. The van der Waals surface area contributed by atoms with Gasteiger partial charge >= 0.3 is 5.97 Å². The normalized spacial score (nSPS) is 51.3. The smallest absolute Gasteiger partial charge is 0.315 e. The van der Waals surface area contributed by atoms with Gasteiger partial charge in [0.2, 0.25) is 0 Å². The second kappa shape index (κ2) is 7.45. The summed E-state index contributed by atoms with van der Waals surface area (Å²) in [5.74, 6) is 1.33. The van der Waals surface area contributed by atoms with Gasteiger partial charge in [0, 0.05) is 18.8 Å². The van der Waals surface area contributed by atoms with Crippen molar-refractivity contribution in [2.24, 2.45) is 23.2 Å². The van der Waals surface area contributed by atoms with Gasteiger partial charge < -0.3 is 19.3 Å². The lowest BCUT2D eigenvalue weighted by atomic mass is 9.53. The van der Waals surface area contributed by atoms with E-state index in [0.717, 1.165) is 32.0 Å². The highest BCUT2D eigenvalue weighted by molar-refractivity contribution is 5.75. The maximum absolute atomic E-state index is 12.9. The molecule has 4 heterocycles. The molecule has 2 N–H and O–H groups in total. The topological polar surface area (TPSA) is 47.7 Å². The molecule has 0 aromatic carbocycles. The molecule has 5 nitrogen and oxygen atoms in total. The second-order valence-electron chi connectivity index (χ2n) is 12.0. The van der Waals surface area contributed by atoms with Crippen LogP contribution in [0.3, 0.4) is 0 Å². The third kappa shape index (κ3) is 3.34. The molecule has 6 fully saturated rings. The Hall–Kier alpha value is -0.650. The van der Waals surface area contributed by atoms with Crippen LogP contribution in [-0.4, -0.2) is 63.0 Å². The summed E-state index contributed by atoms with van der Waals surface area (Å²) in [6.45, 7) is 9.72. The molecule has 1 spiro atoms. The standard InChI is InChI=1S/C25H40N2O3/c1-24-8-5-9-25(17-29-25)22(24)14-19-20(23(28)30-21(19)15-24)16-26-12-6-18(7-13-26)27-10-3-2-4-11-27/h18-22H,2-17H2,1H3/p+2/t19-,20-,21-,22+,24-,25+/m1/s1. The van der Waals surface area contributed by atoms with E-state index >= 15 is 0 Å². The summed E-state index contributed by atoms with van der Waals surface area (Å²) in [6, 6.07) is 0.877. The first-order valence-electron chi connectivity index (χ1n) is 13.1. The lowest BCUT2D eigenvalue weighted by molar-refractivity contribution is -0.961. The van der Waals surface area contributed by atoms with Crippen LogP contribution in [-0.2, 0) is 14.3 Å². The van der Waals surface area contributed by atoms with Crippen LogP contribution in [0.4, 0.5) is 0 Å². The minimum absolute atomic E-state index is 0.120. The van der Waals surface area contributed by atoms with Gasteiger partial charge in [0.15, 0.2) is 0 Å². The van der Waals surface area contributed by atoms with Gasteiger partial charge in [-0.25, -0.2) is 0 Å². The molecule has 2 saturated carbocycles. The zero-order valence-electron chi connectivity index (χ0n) is 18.9. The van der Waals surface area contributed by atoms with Crippen molar-refractivity contribution in [3.8, 4) is 0 Å². The predicted octanol–water partition coefficient (Wildman–Crippen LogP) is 0.630. The molecule has 4 aliphatic heterocycles. The average molecular weight is 419 g/mol. The Bertz CT molecular complexity index is 665. The third-order valence-electron chi connectivity index (χ3n) is 10.4. The van der Waals surface area contributed by atoms with Crippen molar-refractivity contribution in [3.63, 3.8) is 0 Å². The van der Waals surface area contributed by atoms with E-state index in [9.17, 15) is 4.79 Å². The van der Waals surface area contributed by atoms with Gasteiger partial charge in [-0.1, -0.05) is 6.92 Å². The van der Waals surface area contributed by atoms with Crippen LogP contribution >= 0.6 is 0 Å². The van der Waals surface area contributed by atoms with Crippen molar-refractivity contribution in [1.82, 2.24) is 0 Å². The Balaban J connectivity index is 1.10. The van der Waals surface area contributed by atoms with Crippen molar-refractivity contribution < 1.29 is 24.1 Å². The number of rotatable bonds is 3. The Kier molecular flexibility index (Phi) is 4.97. The second-order valence-corrected chi connectivity index (χ2v) is 12.0. The van der Waals surface area contributed by atoms with E-state index < -0.39 is 0 Å². The summed E-state index contributed by atoms with van der Waals surface area (Å²) >= 11 is 0. The van der Waals surface area contributed by atoms with Gasteiger partial charge in [-0.05, 0) is 62.7 Å². The SMILES string of the molecule is C[C@]12CCC[C@]3(CO3)[C@H]1C[C@H]1[C@@H](C2)OC(=O)[C@@H]1C[NH+]1CCC([NH+]2CCCCC2)CC1. The molecular formula is C25H42N2O3+2. The molecule has 0 aromatic heterocycles. The molecule has 6 atom stereocenters. The lowest BCUT2D eigenvalue weighted by Gasteiger charge is -2.51. The number of hydrogen-bond acceptors (Lipinski definition) is 3. The van der Waals surface area contributed by atoms with E-state index in [2.05, 4.69) is 6.92 Å². The molecule has 168 valence electrons. The van der Waals surface area contributed by atoms with Gasteiger partial charge in [0.05, 0.1) is 51.0 Å². The fourth-order valence-corrected chi connectivity index (χ4v) is 8.55. The molecule has 5 heteroatoms. The fourth-order valence-electron chi connectivity index (χ4n) is 8.55. The van der Waals surface area contributed by atoms with Gasteiger partial charge in [-0.15, -0.1) is 0 Å². The average Bonchev–Trinajstić information content (AvgIpc) is 3.46. The number of esters is 1. The molecule has 0 radical (unpaired) electrons. The largest absolute Gasteiger partial charge is 0.462 e. The van der Waals surface area contributed by atoms with Gasteiger partial charge in [-0.2, -0.15) is 0 Å². The number of hydrogen-bond donors (Lipinski definition) is 2. The Morgan fingerprint density at radius 2 is 1.80 bits per heavy atom. The minimum Gasteiger partial charge on any atom is -0.462 e. The molecule has 6 aliphatic rings. The fraction of sp³-hybridized carbons (Fsp3) is 0.960. The molecule has 4 saturated heterocycles. The summed E-state index contributed by atoms with van der Waals surface area (Å²) in [5.41, 5.74) is 0.476. The first-order valence-corrected chi connectivity index (χ1v) is 13.1. The predicted molar refractivity (Wildman–Crippen MR) is 113 cm³/mol. The lowest BCUT2D eigenvalue weighted by Crippen LogP contribution is -3.21. The number of likely N-dealkylation sites (tertiary alicyclic amines) is 2. The summed E-state index contributed by atoms with van der Waals surface area (Å²) < 4.78 is 12.1. The van der Waals surface area contributed by atoms with Crippen LogP contribution in [0, 0.1) is 23.2 Å². The maximum Gasteiger partial charge on any atom is 0.315 e. The molecule has 6 rings (SSSR count). The number of piperidine rings is 2. The van der Waals surface area contributed by atoms with Crippen LogP contribution in [0.1, 0.15) is 71.1 Å². The minimum atomic E-state index is 0.120. The Morgan fingerprint density at radius 1 is 1.03 bits per heavy atom. The molecular weight excluding hydrogens is 376 g/mol. The van der Waals surface area contributed by atoms with E-state index in [-0.39, 0.29) is 23.6 Å². The summed E-state index contributed by atoms with van der Waals surface area (Å²) in [6.07, 6.45) is 13.2. The maximum atomic E-state index is 12.9. The van der Waals surface area contributed by atoms with E-state index in [1.54, 1.807) is 4.90 Å². The van der Waals surface area contributed by atoms with Gasteiger partial charge in [0.25, 0.3) is 0 Å². The van der Waals surface area contributed by atoms with E-state index in [1.807, 2.05) is 4.90 Å². The molecule has 0 amide bonds. The van der Waals surface area contributed by atoms with Crippen LogP contribution in [0.25, 0.3) is 0 Å². The van der Waals surface area contributed by atoms with Crippen LogP contribution in [0.15, 0.2) is 0 Å². The summed E-state index contributed by atoms with van der Waals surface area (Å²) in [7, 11) is 0. The summed E-state index contributed by atoms with van der Waals surface area (Å²) in [4.78, 5) is 16.5. The number of fused-ring (bicyclic) bond motifs is 3. The number of carbonyl (C=O) groups is 1. The first-order chi connectivity index (χ1) is 14.6.